The largest absolute Gasteiger partial charge is 0.345 e. The number of hydrogen-bond acceptors (Lipinski definition) is 2. The van der Waals surface area contributed by atoms with E-state index >= 15 is 0 Å². The molecule has 3 rings (SSSR count). The summed E-state index contributed by atoms with van der Waals surface area (Å²) in [5.41, 5.74) is 3.97. The Kier molecular flexibility index (Phi) is 6.16. The lowest BCUT2D eigenvalue weighted by atomic mass is 9.90. The first-order valence-electron chi connectivity index (χ1n) is 9.08. The fraction of sp³-hybridized carbons (Fsp3) is 0.167. The van der Waals surface area contributed by atoms with Crippen LogP contribution in [0.15, 0.2) is 84.9 Å². The molecule has 3 nitrogen and oxygen atoms in total. The molecule has 0 spiro atoms. The molecule has 27 heavy (non-hydrogen) atoms. The molecule has 1 amide bonds. The van der Waals surface area contributed by atoms with Crippen molar-refractivity contribution in [3.8, 4) is 0 Å². The number of carbonyl (C=O) groups is 2. The molecule has 0 aliphatic rings. The van der Waals surface area contributed by atoms with E-state index in [2.05, 4.69) is 5.32 Å². The summed E-state index contributed by atoms with van der Waals surface area (Å²) in [7, 11) is 0. The van der Waals surface area contributed by atoms with Crippen LogP contribution in [0.4, 0.5) is 0 Å². The molecule has 0 saturated carbocycles. The van der Waals surface area contributed by atoms with Crippen molar-refractivity contribution in [1.29, 1.82) is 0 Å². The molecule has 136 valence electrons. The SMILES string of the molecule is Cc1cccc(C[C@@H](C=O)NC(=O)C(c2ccccc2)c2ccccc2)c1. The van der Waals surface area contributed by atoms with Crippen LogP contribution in [0.1, 0.15) is 28.2 Å². The van der Waals surface area contributed by atoms with Crippen molar-refractivity contribution in [2.75, 3.05) is 0 Å². The Bertz CT molecular complexity index is 851. The third kappa shape index (κ3) is 4.91. The van der Waals surface area contributed by atoms with Gasteiger partial charge in [-0.05, 0) is 30.0 Å². The number of carbonyl (C=O) groups excluding carboxylic acids is 2. The standard InChI is InChI=1S/C24H23NO2/c1-18-9-8-10-19(15-18)16-22(17-26)25-24(27)23(20-11-4-2-5-12-20)21-13-6-3-7-14-21/h2-15,17,22-23H,16H2,1H3,(H,25,27)/t22-/m0/s1. The molecule has 0 fully saturated rings. The van der Waals surface area contributed by atoms with Crippen molar-refractivity contribution >= 4 is 12.2 Å². The molecule has 0 unspecified atom stereocenters. The average molecular weight is 357 g/mol. The zero-order valence-electron chi connectivity index (χ0n) is 15.3. The molecule has 3 heteroatoms. The van der Waals surface area contributed by atoms with Gasteiger partial charge in [-0.2, -0.15) is 0 Å². The second kappa shape index (κ2) is 8.95. The number of rotatable bonds is 7. The van der Waals surface area contributed by atoms with Crippen molar-refractivity contribution in [3.05, 3.63) is 107 Å². The van der Waals surface area contributed by atoms with Crippen molar-refractivity contribution in [1.82, 2.24) is 5.32 Å². The van der Waals surface area contributed by atoms with Crippen LogP contribution in [0.5, 0.6) is 0 Å². The molecule has 0 aromatic heterocycles. The first-order chi connectivity index (χ1) is 13.2. The van der Waals surface area contributed by atoms with Crippen molar-refractivity contribution < 1.29 is 9.59 Å². The minimum Gasteiger partial charge on any atom is -0.345 e. The highest BCUT2D eigenvalue weighted by molar-refractivity contribution is 5.89. The summed E-state index contributed by atoms with van der Waals surface area (Å²) in [6, 6.07) is 26.7. The van der Waals surface area contributed by atoms with Crippen molar-refractivity contribution in [2.24, 2.45) is 0 Å². The van der Waals surface area contributed by atoms with Gasteiger partial charge in [0.2, 0.25) is 5.91 Å². The van der Waals surface area contributed by atoms with Crippen LogP contribution in [0.25, 0.3) is 0 Å². The summed E-state index contributed by atoms with van der Waals surface area (Å²) < 4.78 is 0. The van der Waals surface area contributed by atoms with E-state index in [1.54, 1.807) is 0 Å². The van der Waals surface area contributed by atoms with Crippen molar-refractivity contribution in [3.63, 3.8) is 0 Å². The maximum atomic E-state index is 13.1. The Morgan fingerprint density at radius 3 is 2.00 bits per heavy atom. The van der Waals surface area contributed by atoms with E-state index in [9.17, 15) is 9.59 Å². The Morgan fingerprint density at radius 2 is 1.48 bits per heavy atom. The number of nitrogens with one attached hydrogen (secondary N) is 1. The zero-order valence-corrected chi connectivity index (χ0v) is 15.3. The first-order valence-corrected chi connectivity index (χ1v) is 9.08. The second-order valence-electron chi connectivity index (χ2n) is 6.70. The third-order valence-electron chi connectivity index (χ3n) is 4.56. The average Bonchev–Trinajstić information content (AvgIpc) is 2.69. The fourth-order valence-electron chi connectivity index (χ4n) is 3.28. The number of amides is 1. The molecule has 0 aliphatic carbocycles. The van der Waals surface area contributed by atoms with Gasteiger partial charge in [0.05, 0.1) is 12.0 Å². The van der Waals surface area contributed by atoms with Gasteiger partial charge < -0.3 is 10.1 Å². The van der Waals surface area contributed by atoms with E-state index in [0.717, 1.165) is 28.5 Å². The van der Waals surface area contributed by atoms with Gasteiger partial charge in [0.1, 0.15) is 6.29 Å². The number of aryl methyl sites for hydroxylation is 1. The first kappa shape index (κ1) is 18.6. The van der Waals surface area contributed by atoms with Gasteiger partial charge in [-0.15, -0.1) is 0 Å². The minimum atomic E-state index is -0.561. The van der Waals surface area contributed by atoms with E-state index < -0.39 is 12.0 Å². The molecule has 1 atom stereocenters. The van der Waals surface area contributed by atoms with Gasteiger partial charge in [0, 0.05) is 0 Å². The summed E-state index contributed by atoms with van der Waals surface area (Å²) in [6.45, 7) is 2.01. The summed E-state index contributed by atoms with van der Waals surface area (Å²) in [4.78, 5) is 24.7. The summed E-state index contributed by atoms with van der Waals surface area (Å²) in [5.74, 6) is -0.621. The van der Waals surface area contributed by atoms with Gasteiger partial charge in [-0.25, -0.2) is 0 Å². The quantitative estimate of drug-likeness (QED) is 0.648. The van der Waals surface area contributed by atoms with Crippen LogP contribution in [0, 0.1) is 6.92 Å². The van der Waals surface area contributed by atoms with E-state index in [1.807, 2.05) is 91.9 Å². The maximum absolute atomic E-state index is 13.1. The highest BCUT2D eigenvalue weighted by Crippen LogP contribution is 2.25. The van der Waals surface area contributed by atoms with Crippen LogP contribution in [0.2, 0.25) is 0 Å². The van der Waals surface area contributed by atoms with Gasteiger partial charge in [0.25, 0.3) is 0 Å². The predicted octanol–water partition coefficient (Wildman–Crippen LogP) is 4.05. The van der Waals surface area contributed by atoms with Crippen LogP contribution in [0.3, 0.4) is 0 Å². The Balaban J connectivity index is 1.82. The van der Waals surface area contributed by atoms with Gasteiger partial charge >= 0.3 is 0 Å². The van der Waals surface area contributed by atoms with E-state index in [1.165, 1.54) is 0 Å². The molecule has 0 saturated heterocycles. The lowest BCUT2D eigenvalue weighted by molar-refractivity contribution is -0.124. The van der Waals surface area contributed by atoms with Crippen LogP contribution < -0.4 is 5.32 Å². The number of benzene rings is 3. The monoisotopic (exact) mass is 357 g/mol. The van der Waals surface area contributed by atoms with Gasteiger partial charge in [-0.3, -0.25) is 4.79 Å². The molecule has 1 N–H and O–H groups in total. The lowest BCUT2D eigenvalue weighted by Crippen LogP contribution is -2.40. The zero-order chi connectivity index (χ0) is 19.1. The highest BCUT2D eigenvalue weighted by atomic mass is 16.2. The second-order valence-corrected chi connectivity index (χ2v) is 6.70. The number of aldehydes is 1. The third-order valence-corrected chi connectivity index (χ3v) is 4.56. The van der Waals surface area contributed by atoms with Crippen LogP contribution in [-0.4, -0.2) is 18.2 Å². The lowest BCUT2D eigenvalue weighted by Gasteiger charge is -2.21. The molecular formula is C24H23NO2. The summed E-state index contributed by atoms with van der Waals surface area (Å²) >= 11 is 0. The fourth-order valence-corrected chi connectivity index (χ4v) is 3.28. The Hall–Kier alpha value is -3.20. The Morgan fingerprint density at radius 1 is 0.889 bits per heavy atom. The molecule has 0 heterocycles. The summed E-state index contributed by atoms with van der Waals surface area (Å²) in [6.07, 6.45) is 1.29. The van der Waals surface area contributed by atoms with E-state index in [0.29, 0.717) is 6.42 Å². The maximum Gasteiger partial charge on any atom is 0.232 e. The van der Waals surface area contributed by atoms with Crippen LogP contribution in [-0.2, 0) is 16.0 Å². The molecule has 3 aromatic rings. The molecule has 3 aromatic carbocycles. The van der Waals surface area contributed by atoms with E-state index in [-0.39, 0.29) is 5.91 Å². The predicted molar refractivity (Wildman–Crippen MR) is 108 cm³/mol. The molecule has 0 aliphatic heterocycles. The van der Waals surface area contributed by atoms with Gasteiger partial charge in [0.15, 0.2) is 0 Å². The van der Waals surface area contributed by atoms with Crippen LogP contribution >= 0.6 is 0 Å². The van der Waals surface area contributed by atoms with Gasteiger partial charge in [-0.1, -0.05) is 90.5 Å². The molecule has 0 radical (unpaired) electrons. The number of hydrogen-bond donors (Lipinski definition) is 1. The normalized spacial score (nSPS) is 11.8. The smallest absolute Gasteiger partial charge is 0.232 e. The molecule has 0 bridgehead atoms. The molecular weight excluding hydrogens is 334 g/mol. The Labute approximate surface area is 160 Å². The highest BCUT2D eigenvalue weighted by Gasteiger charge is 2.24. The minimum absolute atomic E-state index is 0.169. The van der Waals surface area contributed by atoms with E-state index in [4.69, 9.17) is 0 Å². The topological polar surface area (TPSA) is 46.2 Å². The van der Waals surface area contributed by atoms with Crippen molar-refractivity contribution in [2.45, 2.75) is 25.3 Å². The summed E-state index contributed by atoms with van der Waals surface area (Å²) in [5, 5.41) is 2.92.